The molecule has 1 aliphatic carbocycles. The van der Waals surface area contributed by atoms with Crippen LogP contribution in [-0.2, 0) is 0 Å². The Bertz CT molecular complexity index is 302. The van der Waals surface area contributed by atoms with Crippen molar-refractivity contribution in [3.05, 3.63) is 0 Å². The summed E-state index contributed by atoms with van der Waals surface area (Å²) in [6.45, 7) is 9.84. The van der Waals surface area contributed by atoms with Gasteiger partial charge in [-0.15, -0.1) is 0 Å². The Balaban J connectivity index is 1.98. The summed E-state index contributed by atoms with van der Waals surface area (Å²) in [5.74, 6) is 2.20. The summed E-state index contributed by atoms with van der Waals surface area (Å²) in [5.41, 5.74) is 6.20. The quantitative estimate of drug-likeness (QED) is 0.548. The van der Waals surface area contributed by atoms with Crippen molar-refractivity contribution in [3.63, 3.8) is 0 Å². The fourth-order valence-electron chi connectivity index (χ4n) is 3.13. The van der Waals surface area contributed by atoms with Gasteiger partial charge in [0.15, 0.2) is 5.96 Å². The van der Waals surface area contributed by atoms with Crippen molar-refractivity contribution in [2.24, 2.45) is 22.6 Å². The Labute approximate surface area is 111 Å². The monoisotopic (exact) mass is 252 g/mol. The largest absolute Gasteiger partial charge is 0.370 e. The minimum Gasteiger partial charge on any atom is -0.370 e. The van der Waals surface area contributed by atoms with E-state index in [1.807, 2.05) is 0 Å². The normalized spacial score (nSPS) is 38.8. The highest BCUT2D eigenvalue weighted by molar-refractivity contribution is 5.78. The summed E-state index contributed by atoms with van der Waals surface area (Å²) >= 11 is 0. The molecule has 1 saturated carbocycles. The van der Waals surface area contributed by atoms with Gasteiger partial charge in [0.2, 0.25) is 0 Å². The maximum absolute atomic E-state index is 6.20. The Morgan fingerprint density at radius 1 is 1.28 bits per heavy atom. The smallest absolute Gasteiger partial charge is 0.191 e. The molecule has 0 radical (unpaired) electrons. The number of hydrogen-bond acceptors (Lipinski definition) is 2. The third-order valence-corrected chi connectivity index (χ3v) is 4.65. The van der Waals surface area contributed by atoms with Gasteiger partial charge in [-0.25, -0.2) is 4.99 Å². The molecule has 3 N–H and O–H groups in total. The molecule has 1 aliphatic heterocycles. The number of nitrogens with one attached hydrogen (secondary N) is 1. The van der Waals surface area contributed by atoms with Crippen LogP contribution in [0.25, 0.3) is 0 Å². The minimum atomic E-state index is 0.430. The Kier molecular flexibility index (Phi) is 4.49. The maximum Gasteiger partial charge on any atom is 0.191 e. The first-order valence-corrected chi connectivity index (χ1v) is 7.39. The summed E-state index contributed by atoms with van der Waals surface area (Å²) in [5, 5.41) is 3.43. The van der Waals surface area contributed by atoms with Gasteiger partial charge in [0.25, 0.3) is 0 Å². The number of piperazine rings is 1. The van der Waals surface area contributed by atoms with Crippen LogP contribution in [0.4, 0.5) is 0 Å². The standard InChI is InChI=1S/C14H28N4/c1-10-5-4-6-13(12(10)3)17-14(15)18-8-7-16-11(2)9-18/h10-13,16H,4-9H2,1-3H3,(H2,15,17). The molecule has 4 atom stereocenters. The van der Waals surface area contributed by atoms with Gasteiger partial charge < -0.3 is 16.0 Å². The lowest BCUT2D eigenvalue weighted by Gasteiger charge is -2.35. The van der Waals surface area contributed by atoms with Gasteiger partial charge in [0.05, 0.1) is 6.04 Å². The zero-order valence-corrected chi connectivity index (χ0v) is 12.0. The van der Waals surface area contributed by atoms with E-state index in [0.29, 0.717) is 18.0 Å². The van der Waals surface area contributed by atoms with Crippen LogP contribution >= 0.6 is 0 Å². The molecule has 4 heteroatoms. The van der Waals surface area contributed by atoms with Crippen LogP contribution in [0.3, 0.4) is 0 Å². The lowest BCUT2D eigenvalue weighted by Crippen LogP contribution is -2.54. The highest BCUT2D eigenvalue weighted by Crippen LogP contribution is 2.31. The third-order valence-electron chi connectivity index (χ3n) is 4.65. The molecule has 0 aromatic heterocycles. The SMILES string of the molecule is CC1CN(C(N)=NC2CCCC(C)C2C)CCN1. The van der Waals surface area contributed by atoms with Gasteiger partial charge in [0.1, 0.15) is 0 Å². The van der Waals surface area contributed by atoms with Crippen LogP contribution in [0.1, 0.15) is 40.0 Å². The number of guanidine groups is 1. The van der Waals surface area contributed by atoms with Crippen LogP contribution < -0.4 is 11.1 Å². The number of aliphatic imine (C=N–C) groups is 1. The second-order valence-electron chi connectivity index (χ2n) is 6.12. The van der Waals surface area contributed by atoms with Gasteiger partial charge in [0, 0.05) is 25.7 Å². The molecule has 0 aromatic rings. The maximum atomic E-state index is 6.20. The molecule has 0 amide bonds. The van der Waals surface area contributed by atoms with Crippen molar-refractivity contribution in [2.75, 3.05) is 19.6 Å². The predicted octanol–water partition coefficient (Wildman–Crippen LogP) is 1.42. The lowest BCUT2D eigenvalue weighted by atomic mass is 9.78. The first-order chi connectivity index (χ1) is 8.58. The van der Waals surface area contributed by atoms with Crippen molar-refractivity contribution < 1.29 is 0 Å². The Morgan fingerprint density at radius 2 is 2.06 bits per heavy atom. The fraction of sp³-hybridized carbons (Fsp3) is 0.929. The van der Waals surface area contributed by atoms with E-state index in [9.17, 15) is 0 Å². The average molecular weight is 252 g/mol. The molecule has 1 heterocycles. The topological polar surface area (TPSA) is 53.6 Å². The highest BCUT2D eigenvalue weighted by atomic mass is 15.3. The molecule has 2 fully saturated rings. The van der Waals surface area contributed by atoms with E-state index in [-0.39, 0.29) is 0 Å². The van der Waals surface area contributed by atoms with E-state index in [2.05, 4.69) is 31.0 Å². The zero-order valence-electron chi connectivity index (χ0n) is 12.0. The molecule has 0 spiro atoms. The number of nitrogens with two attached hydrogens (primary N) is 1. The van der Waals surface area contributed by atoms with Crippen LogP contribution in [0.15, 0.2) is 4.99 Å². The fourth-order valence-corrected chi connectivity index (χ4v) is 3.13. The van der Waals surface area contributed by atoms with E-state index in [0.717, 1.165) is 31.5 Å². The summed E-state index contributed by atoms with van der Waals surface area (Å²) in [4.78, 5) is 7.05. The van der Waals surface area contributed by atoms with Gasteiger partial charge in [-0.05, 0) is 25.2 Å². The van der Waals surface area contributed by atoms with Gasteiger partial charge in [-0.1, -0.05) is 26.7 Å². The third kappa shape index (κ3) is 3.16. The van der Waals surface area contributed by atoms with Crippen molar-refractivity contribution in [3.8, 4) is 0 Å². The van der Waals surface area contributed by atoms with E-state index in [4.69, 9.17) is 10.7 Å². The molecule has 2 rings (SSSR count). The molecule has 1 saturated heterocycles. The second-order valence-corrected chi connectivity index (χ2v) is 6.12. The van der Waals surface area contributed by atoms with Crippen LogP contribution in [-0.4, -0.2) is 42.6 Å². The number of rotatable bonds is 1. The Hall–Kier alpha value is -0.770. The van der Waals surface area contributed by atoms with E-state index in [1.165, 1.54) is 19.3 Å². The van der Waals surface area contributed by atoms with Crippen LogP contribution in [0.5, 0.6) is 0 Å². The van der Waals surface area contributed by atoms with Crippen LogP contribution in [0.2, 0.25) is 0 Å². The predicted molar refractivity (Wildman–Crippen MR) is 76.6 cm³/mol. The van der Waals surface area contributed by atoms with Crippen molar-refractivity contribution >= 4 is 5.96 Å². The summed E-state index contributed by atoms with van der Waals surface area (Å²) in [7, 11) is 0. The second kappa shape index (κ2) is 5.91. The first-order valence-electron chi connectivity index (χ1n) is 7.39. The molecule has 0 bridgehead atoms. The summed E-state index contributed by atoms with van der Waals surface area (Å²) in [6, 6.07) is 0.939. The van der Waals surface area contributed by atoms with E-state index in [1.54, 1.807) is 0 Å². The van der Waals surface area contributed by atoms with Crippen molar-refractivity contribution in [1.82, 2.24) is 10.2 Å². The van der Waals surface area contributed by atoms with Crippen molar-refractivity contribution in [2.45, 2.75) is 52.1 Å². The van der Waals surface area contributed by atoms with Crippen LogP contribution in [0, 0.1) is 11.8 Å². The first kappa shape index (κ1) is 13.7. The van der Waals surface area contributed by atoms with E-state index < -0.39 is 0 Å². The average Bonchev–Trinajstić information content (AvgIpc) is 2.35. The summed E-state index contributed by atoms with van der Waals surface area (Å²) in [6.07, 6.45) is 3.84. The zero-order chi connectivity index (χ0) is 13.1. The van der Waals surface area contributed by atoms with Crippen molar-refractivity contribution in [1.29, 1.82) is 0 Å². The van der Waals surface area contributed by atoms with E-state index >= 15 is 0 Å². The van der Waals surface area contributed by atoms with Gasteiger partial charge >= 0.3 is 0 Å². The molecule has 104 valence electrons. The molecule has 4 nitrogen and oxygen atoms in total. The molecule has 2 aliphatic rings. The number of nitrogens with zero attached hydrogens (tertiary/aromatic N) is 2. The molecular weight excluding hydrogens is 224 g/mol. The van der Waals surface area contributed by atoms with Gasteiger partial charge in [-0.2, -0.15) is 0 Å². The summed E-state index contributed by atoms with van der Waals surface area (Å²) < 4.78 is 0. The molecule has 18 heavy (non-hydrogen) atoms. The lowest BCUT2D eigenvalue weighted by molar-refractivity contribution is 0.236. The Morgan fingerprint density at radius 3 is 2.78 bits per heavy atom. The minimum absolute atomic E-state index is 0.430. The number of hydrogen-bond donors (Lipinski definition) is 2. The molecule has 0 aromatic carbocycles. The molecule has 4 unspecified atom stereocenters. The van der Waals surface area contributed by atoms with Gasteiger partial charge in [-0.3, -0.25) is 0 Å². The highest BCUT2D eigenvalue weighted by Gasteiger charge is 2.27. The molecular formula is C14H28N4.